The van der Waals surface area contributed by atoms with Crippen molar-refractivity contribution in [1.82, 2.24) is 4.72 Å². The molecule has 1 fully saturated rings. The Bertz CT molecular complexity index is 1180. The van der Waals surface area contributed by atoms with Gasteiger partial charge in [0, 0.05) is 36.8 Å². The van der Waals surface area contributed by atoms with Crippen molar-refractivity contribution in [3.8, 4) is 6.07 Å². The second-order valence-electron chi connectivity index (χ2n) is 7.69. The Labute approximate surface area is 180 Å². The molecule has 160 valence electrons. The van der Waals surface area contributed by atoms with Crippen LogP contribution in [0.4, 0.5) is 11.4 Å². The highest BCUT2D eigenvalue weighted by Crippen LogP contribution is 2.37. The molecule has 0 atom stereocenters. The molecule has 0 radical (unpaired) electrons. The van der Waals surface area contributed by atoms with Crippen molar-refractivity contribution in [2.24, 2.45) is 5.92 Å². The summed E-state index contributed by atoms with van der Waals surface area (Å²) < 4.78 is 27.7. The first-order valence-corrected chi connectivity index (χ1v) is 11.6. The van der Waals surface area contributed by atoms with E-state index < -0.39 is 10.0 Å². The van der Waals surface area contributed by atoms with Crippen LogP contribution in [0.25, 0.3) is 0 Å². The largest absolute Gasteiger partial charge is 0.326 e. The number of carbonyl (C=O) groups excluding carboxylic acids is 2. The van der Waals surface area contributed by atoms with Gasteiger partial charge in [0.05, 0.1) is 16.5 Å². The molecule has 2 amide bonds. The lowest BCUT2D eigenvalue weighted by Crippen LogP contribution is -2.30. The van der Waals surface area contributed by atoms with Crippen LogP contribution in [0.3, 0.4) is 0 Å². The number of sulfonamides is 1. The topological polar surface area (TPSA) is 119 Å². The SMILES string of the molecule is N#Cc1cccc(NC(=O)CCNS(=O)(=O)c2ccc3c(c2)CCN3C(=O)C2CC2)c1. The Kier molecular flexibility index (Phi) is 5.76. The lowest BCUT2D eigenvalue weighted by Gasteiger charge is -2.17. The fraction of sp³-hybridized carbons (Fsp3) is 0.318. The van der Waals surface area contributed by atoms with Gasteiger partial charge in [-0.1, -0.05) is 6.07 Å². The van der Waals surface area contributed by atoms with Crippen LogP contribution in [0.1, 0.15) is 30.4 Å². The van der Waals surface area contributed by atoms with Gasteiger partial charge in [0.2, 0.25) is 21.8 Å². The number of anilines is 2. The van der Waals surface area contributed by atoms with Crippen LogP contribution < -0.4 is 14.9 Å². The summed E-state index contributed by atoms with van der Waals surface area (Å²) >= 11 is 0. The average Bonchev–Trinajstić information content (AvgIpc) is 3.52. The van der Waals surface area contributed by atoms with E-state index in [4.69, 9.17) is 5.26 Å². The van der Waals surface area contributed by atoms with E-state index in [0.717, 1.165) is 24.1 Å². The molecule has 2 aliphatic rings. The summed E-state index contributed by atoms with van der Waals surface area (Å²) in [6.45, 7) is 0.518. The van der Waals surface area contributed by atoms with Gasteiger partial charge in [0.15, 0.2) is 0 Å². The predicted octanol–water partition coefficient (Wildman–Crippen LogP) is 2.16. The molecule has 0 bridgehead atoms. The summed E-state index contributed by atoms with van der Waals surface area (Å²) in [5, 5.41) is 11.5. The Hall–Kier alpha value is -3.22. The zero-order chi connectivity index (χ0) is 22.0. The quantitative estimate of drug-likeness (QED) is 0.687. The zero-order valence-corrected chi connectivity index (χ0v) is 17.6. The third-order valence-electron chi connectivity index (χ3n) is 5.37. The van der Waals surface area contributed by atoms with Crippen molar-refractivity contribution >= 4 is 33.2 Å². The number of nitriles is 1. The molecule has 0 aromatic heterocycles. The first-order valence-electron chi connectivity index (χ1n) is 10.1. The highest BCUT2D eigenvalue weighted by molar-refractivity contribution is 7.89. The Morgan fingerprint density at radius 3 is 2.71 bits per heavy atom. The van der Waals surface area contributed by atoms with Crippen LogP contribution in [-0.4, -0.2) is 33.3 Å². The minimum atomic E-state index is -3.78. The third kappa shape index (κ3) is 4.76. The number of nitrogens with one attached hydrogen (secondary N) is 2. The molecule has 2 aromatic carbocycles. The number of hydrogen-bond donors (Lipinski definition) is 2. The van der Waals surface area contributed by atoms with Gasteiger partial charge in [-0.25, -0.2) is 13.1 Å². The molecule has 1 aliphatic heterocycles. The maximum Gasteiger partial charge on any atom is 0.240 e. The molecular weight excluding hydrogens is 416 g/mol. The van der Waals surface area contributed by atoms with E-state index in [-0.39, 0.29) is 35.6 Å². The van der Waals surface area contributed by atoms with Crippen LogP contribution in [0.15, 0.2) is 47.4 Å². The normalized spacial score (nSPS) is 15.3. The van der Waals surface area contributed by atoms with Gasteiger partial charge in [-0.3, -0.25) is 9.59 Å². The van der Waals surface area contributed by atoms with Crippen molar-refractivity contribution in [2.75, 3.05) is 23.3 Å². The van der Waals surface area contributed by atoms with Crippen molar-refractivity contribution in [1.29, 1.82) is 5.26 Å². The van der Waals surface area contributed by atoms with Gasteiger partial charge >= 0.3 is 0 Å². The van der Waals surface area contributed by atoms with E-state index in [1.165, 1.54) is 6.07 Å². The molecule has 0 spiro atoms. The Balaban J connectivity index is 1.34. The van der Waals surface area contributed by atoms with Crippen molar-refractivity contribution in [2.45, 2.75) is 30.6 Å². The number of benzene rings is 2. The molecule has 31 heavy (non-hydrogen) atoms. The van der Waals surface area contributed by atoms with Crippen LogP contribution >= 0.6 is 0 Å². The first kappa shape index (κ1) is 21.0. The molecule has 0 saturated heterocycles. The lowest BCUT2D eigenvalue weighted by molar-refractivity contribution is -0.119. The minimum Gasteiger partial charge on any atom is -0.326 e. The molecule has 1 saturated carbocycles. The van der Waals surface area contributed by atoms with E-state index in [1.807, 2.05) is 6.07 Å². The van der Waals surface area contributed by atoms with Gasteiger partial charge in [-0.2, -0.15) is 5.26 Å². The van der Waals surface area contributed by atoms with Crippen molar-refractivity contribution < 1.29 is 18.0 Å². The van der Waals surface area contributed by atoms with Gasteiger partial charge < -0.3 is 10.2 Å². The molecule has 1 heterocycles. The maximum atomic E-state index is 12.6. The fourth-order valence-electron chi connectivity index (χ4n) is 3.60. The van der Waals surface area contributed by atoms with E-state index >= 15 is 0 Å². The lowest BCUT2D eigenvalue weighted by atomic mass is 10.2. The minimum absolute atomic E-state index is 0.0510. The van der Waals surface area contributed by atoms with Gasteiger partial charge in [-0.15, -0.1) is 0 Å². The standard InChI is InChI=1S/C22H22N4O4S/c23-14-15-2-1-3-18(12-15)25-21(27)8-10-24-31(29,30)19-6-7-20-17(13-19)9-11-26(20)22(28)16-4-5-16/h1-3,6-7,12-13,16,24H,4-5,8-11H2,(H,25,27). The number of rotatable bonds is 7. The molecular formula is C22H22N4O4S. The number of hydrogen-bond acceptors (Lipinski definition) is 5. The van der Waals surface area contributed by atoms with E-state index in [9.17, 15) is 18.0 Å². The molecule has 1 aliphatic carbocycles. The molecule has 9 heteroatoms. The monoisotopic (exact) mass is 438 g/mol. The second-order valence-corrected chi connectivity index (χ2v) is 9.46. The van der Waals surface area contributed by atoms with Gasteiger partial charge in [-0.05, 0) is 61.2 Å². The number of amides is 2. The molecule has 8 nitrogen and oxygen atoms in total. The van der Waals surface area contributed by atoms with E-state index in [0.29, 0.717) is 24.2 Å². The summed E-state index contributed by atoms with van der Waals surface area (Å²) in [7, 11) is -3.78. The highest BCUT2D eigenvalue weighted by Gasteiger charge is 2.36. The number of carbonyl (C=O) groups is 2. The molecule has 2 N–H and O–H groups in total. The average molecular weight is 439 g/mol. The first-order chi connectivity index (χ1) is 14.9. The smallest absolute Gasteiger partial charge is 0.240 e. The molecule has 0 unspecified atom stereocenters. The maximum absolute atomic E-state index is 12.6. The van der Waals surface area contributed by atoms with Crippen molar-refractivity contribution in [3.63, 3.8) is 0 Å². The van der Waals surface area contributed by atoms with Crippen LogP contribution in [0.2, 0.25) is 0 Å². The summed E-state index contributed by atoms with van der Waals surface area (Å²) in [4.78, 5) is 26.3. The number of nitrogens with zero attached hydrogens (tertiary/aromatic N) is 2. The highest BCUT2D eigenvalue weighted by atomic mass is 32.2. The van der Waals surface area contributed by atoms with E-state index in [2.05, 4.69) is 10.0 Å². The zero-order valence-electron chi connectivity index (χ0n) is 16.8. The summed E-state index contributed by atoms with van der Waals surface area (Å²) in [6, 6.07) is 13.3. The summed E-state index contributed by atoms with van der Waals surface area (Å²) in [6.07, 6.45) is 2.43. The van der Waals surface area contributed by atoms with Gasteiger partial charge in [0.25, 0.3) is 0 Å². The van der Waals surface area contributed by atoms with Gasteiger partial charge in [0.1, 0.15) is 0 Å². The third-order valence-corrected chi connectivity index (χ3v) is 6.83. The number of fused-ring (bicyclic) bond motifs is 1. The molecule has 2 aromatic rings. The fourth-order valence-corrected chi connectivity index (χ4v) is 4.68. The van der Waals surface area contributed by atoms with Crippen LogP contribution in [0, 0.1) is 17.2 Å². The van der Waals surface area contributed by atoms with Crippen molar-refractivity contribution in [3.05, 3.63) is 53.6 Å². The van der Waals surface area contributed by atoms with E-state index in [1.54, 1.807) is 41.3 Å². The second kappa shape index (κ2) is 8.49. The Morgan fingerprint density at radius 2 is 1.97 bits per heavy atom. The van der Waals surface area contributed by atoms with Crippen LogP contribution in [0.5, 0.6) is 0 Å². The molecule has 4 rings (SSSR count). The summed E-state index contributed by atoms with van der Waals surface area (Å²) in [5.74, 6) is -0.121. The van der Waals surface area contributed by atoms with Crippen LogP contribution in [-0.2, 0) is 26.0 Å². The Morgan fingerprint density at radius 1 is 1.16 bits per heavy atom. The predicted molar refractivity (Wildman–Crippen MR) is 115 cm³/mol. The summed E-state index contributed by atoms with van der Waals surface area (Å²) in [5.41, 5.74) is 2.53.